The quantitative estimate of drug-likeness (QED) is 0.555. The van der Waals surface area contributed by atoms with E-state index in [1.54, 1.807) is 0 Å². The van der Waals surface area contributed by atoms with E-state index in [4.69, 9.17) is 5.11 Å². The van der Waals surface area contributed by atoms with Gasteiger partial charge in [-0.3, -0.25) is 4.79 Å². The van der Waals surface area contributed by atoms with E-state index in [-0.39, 0.29) is 11.8 Å². The monoisotopic (exact) mass is 143 g/mol. The third-order valence-corrected chi connectivity index (χ3v) is 2.10. The smallest absolute Gasteiger partial charge is 0.306 e. The number of hydrogen-bond donors (Lipinski definition) is 2. The van der Waals surface area contributed by atoms with Gasteiger partial charge in [-0.25, -0.2) is 0 Å². The Labute approximate surface area is 60.4 Å². The Balaban J connectivity index is 2.47. The standard InChI is InChI=1S/C7H13NO2/c1-5-4-8-3-2-6(5)7(9)10/h5-6,8H,2-4H2,1H3,(H,9,10). The minimum absolute atomic E-state index is 0.124. The Hall–Kier alpha value is -0.570. The molecule has 0 amide bonds. The summed E-state index contributed by atoms with van der Waals surface area (Å²) < 4.78 is 0. The fourth-order valence-electron chi connectivity index (χ4n) is 1.38. The van der Waals surface area contributed by atoms with Crippen molar-refractivity contribution in [1.82, 2.24) is 5.32 Å². The Morgan fingerprint density at radius 1 is 1.70 bits per heavy atom. The maximum atomic E-state index is 10.5. The Bertz CT molecular complexity index is 136. The van der Waals surface area contributed by atoms with Crippen LogP contribution in [0, 0.1) is 11.8 Å². The fraction of sp³-hybridized carbons (Fsp3) is 0.857. The highest BCUT2D eigenvalue weighted by Crippen LogP contribution is 2.17. The van der Waals surface area contributed by atoms with E-state index in [2.05, 4.69) is 5.32 Å². The van der Waals surface area contributed by atoms with Crippen LogP contribution in [-0.4, -0.2) is 24.2 Å². The molecule has 1 aliphatic heterocycles. The van der Waals surface area contributed by atoms with Crippen LogP contribution in [0.15, 0.2) is 0 Å². The van der Waals surface area contributed by atoms with Crippen LogP contribution >= 0.6 is 0 Å². The first-order chi connectivity index (χ1) is 4.72. The normalized spacial score (nSPS) is 33.7. The van der Waals surface area contributed by atoms with Crippen molar-refractivity contribution < 1.29 is 9.90 Å². The van der Waals surface area contributed by atoms with Crippen molar-refractivity contribution in [2.75, 3.05) is 13.1 Å². The number of carbonyl (C=O) groups is 1. The largest absolute Gasteiger partial charge is 0.481 e. The SMILES string of the molecule is CC1CNCCC1C(=O)O. The zero-order chi connectivity index (χ0) is 7.56. The summed E-state index contributed by atoms with van der Waals surface area (Å²) in [6.07, 6.45) is 0.774. The molecule has 0 aromatic carbocycles. The van der Waals surface area contributed by atoms with Crippen molar-refractivity contribution in [3.63, 3.8) is 0 Å². The lowest BCUT2D eigenvalue weighted by Crippen LogP contribution is -2.38. The fourth-order valence-corrected chi connectivity index (χ4v) is 1.38. The Morgan fingerprint density at radius 2 is 2.40 bits per heavy atom. The van der Waals surface area contributed by atoms with Gasteiger partial charge in [-0.05, 0) is 25.4 Å². The van der Waals surface area contributed by atoms with Crippen molar-refractivity contribution in [3.05, 3.63) is 0 Å². The number of piperidine rings is 1. The number of hydrogen-bond acceptors (Lipinski definition) is 2. The van der Waals surface area contributed by atoms with Gasteiger partial charge in [0.15, 0.2) is 0 Å². The molecular formula is C7H13NO2. The summed E-state index contributed by atoms with van der Waals surface area (Å²) in [4.78, 5) is 10.5. The van der Waals surface area contributed by atoms with Gasteiger partial charge >= 0.3 is 5.97 Å². The van der Waals surface area contributed by atoms with Crippen LogP contribution < -0.4 is 5.32 Å². The molecule has 1 saturated heterocycles. The molecule has 2 atom stereocenters. The molecule has 0 aromatic rings. The number of nitrogens with one attached hydrogen (secondary N) is 1. The molecule has 3 nitrogen and oxygen atoms in total. The summed E-state index contributed by atoms with van der Waals surface area (Å²) in [7, 11) is 0. The summed E-state index contributed by atoms with van der Waals surface area (Å²) >= 11 is 0. The van der Waals surface area contributed by atoms with Crippen molar-refractivity contribution in [3.8, 4) is 0 Å². The zero-order valence-electron chi connectivity index (χ0n) is 6.13. The van der Waals surface area contributed by atoms with E-state index in [9.17, 15) is 4.79 Å². The highest BCUT2D eigenvalue weighted by atomic mass is 16.4. The average Bonchev–Trinajstić information content (AvgIpc) is 1.88. The number of rotatable bonds is 1. The van der Waals surface area contributed by atoms with E-state index in [1.165, 1.54) is 0 Å². The molecular weight excluding hydrogens is 130 g/mol. The second-order valence-corrected chi connectivity index (χ2v) is 2.91. The molecule has 3 heteroatoms. The van der Waals surface area contributed by atoms with Crippen molar-refractivity contribution in [2.45, 2.75) is 13.3 Å². The summed E-state index contributed by atoms with van der Waals surface area (Å²) in [6.45, 7) is 3.67. The average molecular weight is 143 g/mol. The molecule has 1 heterocycles. The van der Waals surface area contributed by atoms with Gasteiger partial charge in [0.2, 0.25) is 0 Å². The molecule has 1 aliphatic rings. The first-order valence-electron chi connectivity index (χ1n) is 3.65. The molecule has 0 aromatic heterocycles. The molecule has 1 rings (SSSR count). The van der Waals surface area contributed by atoms with Crippen molar-refractivity contribution in [1.29, 1.82) is 0 Å². The van der Waals surface area contributed by atoms with Crippen LogP contribution in [-0.2, 0) is 4.79 Å². The summed E-state index contributed by atoms with van der Waals surface area (Å²) in [6, 6.07) is 0. The topological polar surface area (TPSA) is 49.3 Å². The van der Waals surface area contributed by atoms with Crippen LogP contribution in [0.1, 0.15) is 13.3 Å². The minimum Gasteiger partial charge on any atom is -0.481 e. The molecule has 2 unspecified atom stereocenters. The molecule has 2 N–H and O–H groups in total. The van der Waals surface area contributed by atoms with Gasteiger partial charge in [-0.2, -0.15) is 0 Å². The Morgan fingerprint density at radius 3 is 2.80 bits per heavy atom. The van der Waals surface area contributed by atoms with E-state index in [1.807, 2.05) is 6.92 Å². The molecule has 10 heavy (non-hydrogen) atoms. The molecule has 0 spiro atoms. The van der Waals surface area contributed by atoms with Crippen LogP contribution in [0.2, 0.25) is 0 Å². The molecule has 58 valence electrons. The molecule has 0 aliphatic carbocycles. The second-order valence-electron chi connectivity index (χ2n) is 2.91. The predicted molar refractivity (Wildman–Crippen MR) is 37.8 cm³/mol. The third kappa shape index (κ3) is 1.48. The molecule has 0 bridgehead atoms. The highest BCUT2D eigenvalue weighted by molar-refractivity contribution is 5.70. The zero-order valence-corrected chi connectivity index (χ0v) is 6.13. The van der Waals surface area contributed by atoms with Crippen LogP contribution in [0.5, 0.6) is 0 Å². The van der Waals surface area contributed by atoms with Gasteiger partial charge in [0.1, 0.15) is 0 Å². The predicted octanol–water partition coefficient (Wildman–Crippen LogP) is 0.317. The summed E-state index contributed by atoms with van der Waals surface area (Å²) in [5.74, 6) is -0.485. The van der Waals surface area contributed by atoms with Crippen LogP contribution in [0.25, 0.3) is 0 Å². The minimum atomic E-state index is -0.644. The van der Waals surface area contributed by atoms with E-state index < -0.39 is 5.97 Å². The summed E-state index contributed by atoms with van der Waals surface area (Å²) in [5, 5.41) is 11.8. The number of carboxylic acid groups (broad SMARTS) is 1. The van der Waals surface area contributed by atoms with E-state index in [0.717, 1.165) is 19.5 Å². The molecule has 0 saturated carbocycles. The Kier molecular flexibility index (Phi) is 2.27. The van der Waals surface area contributed by atoms with Crippen molar-refractivity contribution in [2.24, 2.45) is 11.8 Å². The van der Waals surface area contributed by atoms with Crippen molar-refractivity contribution >= 4 is 5.97 Å². The van der Waals surface area contributed by atoms with Crippen LogP contribution in [0.3, 0.4) is 0 Å². The first-order valence-corrected chi connectivity index (χ1v) is 3.65. The van der Waals surface area contributed by atoms with Gasteiger partial charge in [0.05, 0.1) is 5.92 Å². The molecule has 1 fully saturated rings. The van der Waals surface area contributed by atoms with Gasteiger partial charge < -0.3 is 10.4 Å². The van der Waals surface area contributed by atoms with Gasteiger partial charge in [0, 0.05) is 0 Å². The summed E-state index contributed by atoms with van der Waals surface area (Å²) in [5.41, 5.74) is 0. The molecule has 0 radical (unpaired) electrons. The lowest BCUT2D eigenvalue weighted by atomic mass is 9.88. The van der Waals surface area contributed by atoms with E-state index >= 15 is 0 Å². The number of aliphatic carboxylic acids is 1. The first kappa shape index (κ1) is 7.54. The lowest BCUT2D eigenvalue weighted by Gasteiger charge is -2.25. The van der Waals surface area contributed by atoms with E-state index in [0.29, 0.717) is 0 Å². The van der Waals surface area contributed by atoms with Gasteiger partial charge in [-0.1, -0.05) is 6.92 Å². The van der Waals surface area contributed by atoms with Crippen LogP contribution in [0.4, 0.5) is 0 Å². The maximum absolute atomic E-state index is 10.5. The van der Waals surface area contributed by atoms with Gasteiger partial charge in [0.25, 0.3) is 0 Å². The second kappa shape index (κ2) is 3.01. The number of carboxylic acids is 1. The van der Waals surface area contributed by atoms with Gasteiger partial charge in [-0.15, -0.1) is 0 Å². The lowest BCUT2D eigenvalue weighted by molar-refractivity contribution is -0.144. The highest BCUT2D eigenvalue weighted by Gasteiger charge is 2.26. The third-order valence-electron chi connectivity index (χ3n) is 2.10. The maximum Gasteiger partial charge on any atom is 0.306 e.